The number of hydrogen-bond acceptors (Lipinski definition) is 1. The van der Waals surface area contributed by atoms with E-state index in [1.54, 1.807) is 0 Å². The number of aromatic nitrogens is 1. The van der Waals surface area contributed by atoms with Gasteiger partial charge in [-0.3, -0.25) is 0 Å². The molecule has 0 saturated heterocycles. The van der Waals surface area contributed by atoms with Gasteiger partial charge in [0, 0.05) is 11.6 Å². The van der Waals surface area contributed by atoms with Crippen LogP contribution in [0.2, 0.25) is 5.02 Å². The van der Waals surface area contributed by atoms with Gasteiger partial charge >= 0.3 is 0 Å². The average Bonchev–Trinajstić information content (AvgIpc) is 2.70. The normalized spacial score (nSPS) is 11.1. The monoisotopic (exact) mass is 236 g/mol. The fraction of sp³-hybridized carbons (Fsp3) is 0.385. The third kappa shape index (κ3) is 2.39. The lowest BCUT2D eigenvalue weighted by atomic mass is 10.1. The number of halogens is 1. The zero-order valence-electron chi connectivity index (χ0n) is 9.52. The molecule has 0 atom stereocenters. The van der Waals surface area contributed by atoms with Gasteiger partial charge in [-0.25, -0.2) is 0 Å². The first-order chi connectivity index (χ1) is 7.83. The summed E-state index contributed by atoms with van der Waals surface area (Å²) < 4.78 is 0. The minimum Gasteiger partial charge on any atom is -0.360 e. The summed E-state index contributed by atoms with van der Waals surface area (Å²) in [5, 5.41) is 5.39. The molecular formula is C13H17ClN2. The molecule has 3 heteroatoms. The van der Waals surface area contributed by atoms with Gasteiger partial charge < -0.3 is 10.3 Å². The molecule has 1 aromatic heterocycles. The molecule has 1 aromatic carbocycles. The third-order valence-electron chi connectivity index (χ3n) is 2.80. The van der Waals surface area contributed by atoms with Crippen LogP contribution in [0.15, 0.2) is 24.4 Å². The number of aryl methyl sites for hydroxylation is 1. The quantitative estimate of drug-likeness (QED) is 0.766. The van der Waals surface area contributed by atoms with Crippen molar-refractivity contribution in [2.75, 3.05) is 13.1 Å². The minimum atomic E-state index is 0.801. The molecule has 1 heterocycles. The molecule has 0 saturated carbocycles. The topological polar surface area (TPSA) is 27.8 Å². The van der Waals surface area contributed by atoms with Gasteiger partial charge in [-0.1, -0.05) is 30.7 Å². The number of rotatable bonds is 5. The summed E-state index contributed by atoms with van der Waals surface area (Å²) >= 11 is 6.11. The van der Waals surface area contributed by atoms with E-state index < -0.39 is 0 Å². The van der Waals surface area contributed by atoms with Gasteiger partial charge in [-0.2, -0.15) is 0 Å². The number of aromatic amines is 1. The average molecular weight is 237 g/mol. The fourth-order valence-electron chi connectivity index (χ4n) is 1.96. The van der Waals surface area contributed by atoms with E-state index in [0.717, 1.165) is 36.5 Å². The molecule has 0 aliphatic rings. The van der Waals surface area contributed by atoms with Gasteiger partial charge in [0.2, 0.25) is 0 Å². The van der Waals surface area contributed by atoms with Gasteiger partial charge in [0.25, 0.3) is 0 Å². The Morgan fingerprint density at radius 1 is 1.38 bits per heavy atom. The Hall–Kier alpha value is -0.990. The van der Waals surface area contributed by atoms with E-state index in [9.17, 15) is 0 Å². The summed E-state index contributed by atoms with van der Waals surface area (Å²) in [5.74, 6) is 0. The lowest BCUT2D eigenvalue weighted by molar-refractivity contribution is 0.674. The highest BCUT2D eigenvalue weighted by molar-refractivity contribution is 6.35. The molecule has 0 aliphatic heterocycles. The highest BCUT2D eigenvalue weighted by Crippen LogP contribution is 2.25. The molecule has 0 amide bonds. The number of H-pyrrole nitrogens is 1. The van der Waals surface area contributed by atoms with Crippen LogP contribution >= 0.6 is 11.6 Å². The van der Waals surface area contributed by atoms with Crippen molar-refractivity contribution in [2.45, 2.75) is 19.8 Å². The Kier molecular flexibility index (Phi) is 3.86. The third-order valence-corrected chi connectivity index (χ3v) is 3.11. The van der Waals surface area contributed by atoms with Crippen molar-refractivity contribution in [3.8, 4) is 0 Å². The van der Waals surface area contributed by atoms with E-state index in [1.165, 1.54) is 10.9 Å². The van der Waals surface area contributed by atoms with E-state index in [0.29, 0.717) is 0 Å². The summed E-state index contributed by atoms with van der Waals surface area (Å²) in [4.78, 5) is 3.24. The molecular weight excluding hydrogens is 220 g/mol. The molecule has 2 rings (SSSR count). The maximum Gasteiger partial charge on any atom is 0.0647 e. The molecule has 2 aromatic rings. The second-order valence-electron chi connectivity index (χ2n) is 3.93. The maximum absolute atomic E-state index is 6.11. The lowest BCUT2D eigenvalue weighted by Crippen LogP contribution is -2.14. The van der Waals surface area contributed by atoms with Crippen LogP contribution in [0, 0.1) is 0 Å². The first-order valence-electron chi connectivity index (χ1n) is 5.78. The molecule has 0 spiro atoms. The van der Waals surface area contributed by atoms with Crippen LogP contribution in [0.25, 0.3) is 10.9 Å². The van der Waals surface area contributed by atoms with Crippen molar-refractivity contribution < 1.29 is 0 Å². The van der Waals surface area contributed by atoms with Gasteiger partial charge in [0.05, 0.1) is 10.5 Å². The summed E-state index contributed by atoms with van der Waals surface area (Å²) in [7, 11) is 0. The second-order valence-corrected chi connectivity index (χ2v) is 4.34. The van der Waals surface area contributed by atoms with Gasteiger partial charge in [0.1, 0.15) is 0 Å². The van der Waals surface area contributed by atoms with Gasteiger partial charge in [0.15, 0.2) is 0 Å². The van der Waals surface area contributed by atoms with Crippen molar-refractivity contribution in [1.29, 1.82) is 0 Å². The first kappa shape index (κ1) is 11.5. The van der Waals surface area contributed by atoms with Crippen molar-refractivity contribution in [3.05, 3.63) is 35.0 Å². The molecule has 0 aliphatic carbocycles. The minimum absolute atomic E-state index is 0.801. The number of hydrogen-bond donors (Lipinski definition) is 2. The fourth-order valence-corrected chi connectivity index (χ4v) is 2.19. The smallest absolute Gasteiger partial charge is 0.0647 e. The van der Waals surface area contributed by atoms with E-state index in [4.69, 9.17) is 11.6 Å². The highest BCUT2D eigenvalue weighted by atomic mass is 35.5. The van der Waals surface area contributed by atoms with E-state index in [1.807, 2.05) is 12.1 Å². The Bertz CT molecular complexity index is 462. The Labute approximate surface area is 101 Å². The van der Waals surface area contributed by atoms with Gasteiger partial charge in [-0.15, -0.1) is 0 Å². The Morgan fingerprint density at radius 3 is 3.06 bits per heavy atom. The molecule has 0 bridgehead atoms. The van der Waals surface area contributed by atoms with Crippen molar-refractivity contribution in [2.24, 2.45) is 0 Å². The van der Waals surface area contributed by atoms with Crippen LogP contribution in [0.1, 0.15) is 18.9 Å². The lowest BCUT2D eigenvalue weighted by Gasteiger charge is -2.01. The van der Waals surface area contributed by atoms with Crippen LogP contribution in [0.4, 0.5) is 0 Å². The van der Waals surface area contributed by atoms with Crippen LogP contribution in [-0.2, 0) is 6.42 Å². The molecule has 0 radical (unpaired) electrons. The Morgan fingerprint density at radius 2 is 2.25 bits per heavy atom. The summed E-state index contributed by atoms with van der Waals surface area (Å²) in [6.45, 7) is 4.24. The molecule has 16 heavy (non-hydrogen) atoms. The summed E-state index contributed by atoms with van der Waals surface area (Å²) in [5.41, 5.74) is 2.41. The van der Waals surface area contributed by atoms with Crippen molar-refractivity contribution in [3.63, 3.8) is 0 Å². The second kappa shape index (κ2) is 5.37. The number of para-hydroxylation sites is 1. The van der Waals surface area contributed by atoms with E-state index in [-0.39, 0.29) is 0 Å². The van der Waals surface area contributed by atoms with Gasteiger partial charge in [-0.05, 0) is 37.6 Å². The molecule has 0 unspecified atom stereocenters. The van der Waals surface area contributed by atoms with E-state index >= 15 is 0 Å². The van der Waals surface area contributed by atoms with Crippen molar-refractivity contribution >= 4 is 22.5 Å². The van der Waals surface area contributed by atoms with Crippen LogP contribution in [0.3, 0.4) is 0 Å². The molecule has 0 fully saturated rings. The molecule has 2 N–H and O–H groups in total. The molecule has 86 valence electrons. The largest absolute Gasteiger partial charge is 0.360 e. The van der Waals surface area contributed by atoms with Crippen LogP contribution in [-0.4, -0.2) is 18.1 Å². The summed E-state index contributed by atoms with van der Waals surface area (Å²) in [6, 6.07) is 6.05. The summed E-state index contributed by atoms with van der Waals surface area (Å²) in [6.07, 6.45) is 4.32. The standard InChI is InChI=1S/C13H17ClN2/c1-2-15-8-4-5-10-9-16-13-11(10)6-3-7-12(13)14/h3,6-7,9,15-16H,2,4-5,8H2,1H3. The predicted octanol–water partition coefficient (Wildman–Crippen LogP) is 3.36. The highest BCUT2D eigenvalue weighted by Gasteiger charge is 2.05. The van der Waals surface area contributed by atoms with E-state index in [2.05, 4.69) is 29.5 Å². The molecule has 2 nitrogen and oxygen atoms in total. The van der Waals surface area contributed by atoms with Crippen LogP contribution < -0.4 is 5.32 Å². The SMILES string of the molecule is CCNCCCc1c[nH]c2c(Cl)cccc12. The predicted molar refractivity (Wildman–Crippen MR) is 70.2 cm³/mol. The van der Waals surface area contributed by atoms with Crippen molar-refractivity contribution in [1.82, 2.24) is 10.3 Å². The zero-order chi connectivity index (χ0) is 11.4. The Balaban J connectivity index is 2.10. The zero-order valence-corrected chi connectivity index (χ0v) is 10.3. The number of benzene rings is 1. The maximum atomic E-state index is 6.11. The number of nitrogens with one attached hydrogen (secondary N) is 2. The van der Waals surface area contributed by atoms with Crippen LogP contribution in [0.5, 0.6) is 0 Å². The number of fused-ring (bicyclic) bond motifs is 1. The first-order valence-corrected chi connectivity index (χ1v) is 6.16.